The molecule has 0 aromatic heterocycles. The topological polar surface area (TPSA) is 53.2 Å². The zero-order chi connectivity index (χ0) is 11.5. The van der Waals surface area contributed by atoms with Crippen LogP contribution < -0.4 is 0 Å². The fourth-order valence-electron chi connectivity index (χ4n) is 2.42. The number of aliphatic hydroxyl groups is 1. The highest BCUT2D eigenvalue weighted by molar-refractivity contribution is 5.03. The Labute approximate surface area is 92.0 Å². The third-order valence-electron chi connectivity index (χ3n) is 3.14. The van der Waals surface area contributed by atoms with Gasteiger partial charge < -0.3 is 9.84 Å². The minimum Gasteiger partial charge on any atom is -0.388 e. The van der Waals surface area contributed by atoms with E-state index in [2.05, 4.69) is 6.07 Å². The van der Waals surface area contributed by atoms with Crippen LogP contribution in [0.4, 0.5) is 0 Å². The third kappa shape index (κ3) is 2.93. The van der Waals surface area contributed by atoms with Gasteiger partial charge in [-0.1, -0.05) is 13.3 Å². The molecular formula is C12H21NO2. The van der Waals surface area contributed by atoms with Gasteiger partial charge in [-0.05, 0) is 20.3 Å². The van der Waals surface area contributed by atoms with Gasteiger partial charge in [0.1, 0.15) is 0 Å². The molecule has 86 valence electrons. The van der Waals surface area contributed by atoms with E-state index in [0.717, 1.165) is 12.8 Å². The van der Waals surface area contributed by atoms with E-state index in [0.29, 0.717) is 19.4 Å². The lowest BCUT2D eigenvalue weighted by molar-refractivity contribution is -0.158. The van der Waals surface area contributed by atoms with E-state index in [9.17, 15) is 5.11 Å². The van der Waals surface area contributed by atoms with Crippen molar-refractivity contribution in [2.75, 3.05) is 6.61 Å². The van der Waals surface area contributed by atoms with Crippen molar-refractivity contribution in [1.82, 2.24) is 0 Å². The van der Waals surface area contributed by atoms with Crippen LogP contribution in [0.15, 0.2) is 0 Å². The van der Waals surface area contributed by atoms with Gasteiger partial charge in [0, 0.05) is 12.8 Å². The fourth-order valence-corrected chi connectivity index (χ4v) is 2.42. The van der Waals surface area contributed by atoms with Gasteiger partial charge in [-0.3, -0.25) is 0 Å². The van der Waals surface area contributed by atoms with E-state index in [-0.39, 0.29) is 11.5 Å². The predicted molar refractivity (Wildman–Crippen MR) is 58.2 cm³/mol. The van der Waals surface area contributed by atoms with Crippen LogP contribution in [0, 0.1) is 17.2 Å². The highest BCUT2D eigenvalue weighted by atomic mass is 16.5. The number of nitrogens with zero attached hydrogens (tertiary/aromatic N) is 1. The number of hydrogen-bond acceptors (Lipinski definition) is 3. The van der Waals surface area contributed by atoms with Crippen LogP contribution in [0.1, 0.15) is 46.5 Å². The van der Waals surface area contributed by atoms with E-state index in [4.69, 9.17) is 10.00 Å². The molecular weight excluding hydrogens is 190 g/mol. The van der Waals surface area contributed by atoms with Gasteiger partial charge in [0.15, 0.2) is 0 Å². The molecule has 3 nitrogen and oxygen atoms in total. The van der Waals surface area contributed by atoms with Crippen LogP contribution in [0.5, 0.6) is 0 Å². The Morgan fingerprint density at radius 1 is 1.53 bits per heavy atom. The van der Waals surface area contributed by atoms with Gasteiger partial charge in [0.25, 0.3) is 0 Å². The molecule has 15 heavy (non-hydrogen) atoms. The monoisotopic (exact) mass is 211 g/mol. The lowest BCUT2D eigenvalue weighted by Crippen LogP contribution is -2.50. The number of nitriles is 1. The Balaban J connectivity index is 2.76. The largest absolute Gasteiger partial charge is 0.388 e. The molecule has 0 aromatic rings. The average Bonchev–Trinajstić information content (AvgIpc) is 2.11. The summed E-state index contributed by atoms with van der Waals surface area (Å²) in [7, 11) is 0. The predicted octanol–water partition coefficient (Wildman–Crippen LogP) is 2.25. The average molecular weight is 211 g/mol. The van der Waals surface area contributed by atoms with E-state index < -0.39 is 5.60 Å². The Bertz CT molecular complexity index is 257. The van der Waals surface area contributed by atoms with E-state index in [1.54, 1.807) is 0 Å². The highest BCUT2D eigenvalue weighted by Gasteiger charge is 2.44. The normalized spacial score (nSPS) is 31.9. The van der Waals surface area contributed by atoms with Crippen molar-refractivity contribution in [1.29, 1.82) is 5.26 Å². The van der Waals surface area contributed by atoms with Crippen molar-refractivity contribution < 1.29 is 9.84 Å². The molecule has 3 heteroatoms. The Morgan fingerprint density at radius 3 is 2.67 bits per heavy atom. The first-order valence-corrected chi connectivity index (χ1v) is 5.69. The van der Waals surface area contributed by atoms with E-state index in [1.165, 1.54) is 0 Å². The number of rotatable bonds is 3. The first kappa shape index (κ1) is 12.5. The summed E-state index contributed by atoms with van der Waals surface area (Å²) in [6, 6.07) is 2.25. The molecule has 0 aliphatic carbocycles. The van der Waals surface area contributed by atoms with Crippen LogP contribution in [0.3, 0.4) is 0 Å². The summed E-state index contributed by atoms with van der Waals surface area (Å²) in [4.78, 5) is 0. The van der Waals surface area contributed by atoms with Gasteiger partial charge in [-0.15, -0.1) is 0 Å². The maximum absolute atomic E-state index is 10.5. The Morgan fingerprint density at radius 2 is 2.20 bits per heavy atom. The SMILES string of the molecule is CCCC(C#N)C1(O)CCOC(C)(C)C1. The lowest BCUT2D eigenvalue weighted by Gasteiger charge is -2.43. The summed E-state index contributed by atoms with van der Waals surface area (Å²) in [5.74, 6) is -0.259. The molecule has 0 amide bonds. The van der Waals surface area contributed by atoms with Crippen LogP contribution in [0.25, 0.3) is 0 Å². The van der Waals surface area contributed by atoms with Crippen LogP contribution >= 0.6 is 0 Å². The first-order chi connectivity index (χ1) is 6.93. The third-order valence-corrected chi connectivity index (χ3v) is 3.14. The van der Waals surface area contributed by atoms with Crippen molar-refractivity contribution >= 4 is 0 Å². The number of hydrogen-bond donors (Lipinski definition) is 1. The second kappa shape index (κ2) is 4.51. The summed E-state index contributed by atoms with van der Waals surface area (Å²) < 4.78 is 5.56. The molecule has 2 atom stereocenters. The molecule has 1 aliphatic rings. The summed E-state index contributed by atoms with van der Waals surface area (Å²) in [6.07, 6.45) is 2.83. The van der Waals surface area contributed by atoms with Crippen molar-refractivity contribution in [2.45, 2.75) is 57.7 Å². The quantitative estimate of drug-likeness (QED) is 0.779. The second-order valence-electron chi connectivity index (χ2n) is 5.11. The van der Waals surface area contributed by atoms with Gasteiger partial charge in [-0.2, -0.15) is 5.26 Å². The molecule has 0 bridgehead atoms. The molecule has 1 aliphatic heterocycles. The molecule has 1 fully saturated rings. The maximum atomic E-state index is 10.5. The standard InChI is InChI=1S/C12H21NO2/c1-4-5-10(8-13)12(14)6-7-15-11(2,3)9-12/h10,14H,4-7,9H2,1-3H3. The van der Waals surface area contributed by atoms with Crippen molar-refractivity contribution in [3.8, 4) is 6.07 Å². The molecule has 0 aromatic carbocycles. The van der Waals surface area contributed by atoms with Gasteiger partial charge in [-0.25, -0.2) is 0 Å². The summed E-state index contributed by atoms with van der Waals surface area (Å²) in [6.45, 7) is 6.53. The molecule has 1 heterocycles. The first-order valence-electron chi connectivity index (χ1n) is 5.69. The zero-order valence-electron chi connectivity index (χ0n) is 9.92. The van der Waals surface area contributed by atoms with Crippen LogP contribution in [-0.4, -0.2) is 22.9 Å². The van der Waals surface area contributed by atoms with E-state index in [1.807, 2.05) is 20.8 Å². The van der Waals surface area contributed by atoms with Crippen LogP contribution in [-0.2, 0) is 4.74 Å². The fraction of sp³-hybridized carbons (Fsp3) is 0.917. The second-order valence-corrected chi connectivity index (χ2v) is 5.11. The Hall–Kier alpha value is -0.590. The molecule has 1 N–H and O–H groups in total. The highest BCUT2D eigenvalue weighted by Crippen LogP contribution is 2.38. The molecule has 0 radical (unpaired) electrons. The molecule has 0 saturated carbocycles. The van der Waals surface area contributed by atoms with Gasteiger partial charge >= 0.3 is 0 Å². The maximum Gasteiger partial charge on any atom is 0.0854 e. The van der Waals surface area contributed by atoms with Crippen molar-refractivity contribution in [2.24, 2.45) is 5.92 Å². The molecule has 2 unspecified atom stereocenters. The zero-order valence-corrected chi connectivity index (χ0v) is 9.92. The Kier molecular flexibility index (Phi) is 3.75. The summed E-state index contributed by atoms with van der Waals surface area (Å²) in [5, 5.41) is 19.6. The molecule has 1 saturated heterocycles. The molecule has 0 spiro atoms. The molecule has 1 rings (SSSR count). The van der Waals surface area contributed by atoms with Gasteiger partial charge in [0.05, 0.1) is 29.8 Å². The summed E-state index contributed by atoms with van der Waals surface area (Å²) in [5.41, 5.74) is -1.16. The summed E-state index contributed by atoms with van der Waals surface area (Å²) >= 11 is 0. The number of ether oxygens (including phenoxy) is 1. The smallest absolute Gasteiger partial charge is 0.0854 e. The minimum atomic E-state index is -0.855. The van der Waals surface area contributed by atoms with Crippen molar-refractivity contribution in [3.63, 3.8) is 0 Å². The minimum absolute atomic E-state index is 0.259. The van der Waals surface area contributed by atoms with Crippen molar-refractivity contribution in [3.05, 3.63) is 0 Å². The lowest BCUT2D eigenvalue weighted by atomic mass is 9.74. The van der Waals surface area contributed by atoms with E-state index >= 15 is 0 Å². The van der Waals surface area contributed by atoms with Gasteiger partial charge in [0.2, 0.25) is 0 Å². The van der Waals surface area contributed by atoms with Crippen LogP contribution in [0.2, 0.25) is 0 Å².